The molecular weight excluding hydrogens is 362 g/mol. The molecule has 7 heteroatoms. The summed E-state index contributed by atoms with van der Waals surface area (Å²) in [5.41, 5.74) is 2.21. The standard InChI is InChI=1S/C20H19N3O3S/c1-15-13-16(20(24)22-17-7-6-12-21-14-17)10-11-19(15)23(2)27(25,26)18-8-4-3-5-9-18/h3-14H,1-2H3,(H,22,24). The summed E-state index contributed by atoms with van der Waals surface area (Å²) in [5, 5.41) is 2.76. The number of carbonyl (C=O) groups is 1. The van der Waals surface area contributed by atoms with Crippen LogP contribution in [0.3, 0.4) is 0 Å². The number of sulfonamides is 1. The van der Waals surface area contributed by atoms with Crippen molar-refractivity contribution in [2.45, 2.75) is 11.8 Å². The van der Waals surface area contributed by atoms with Gasteiger partial charge in [-0.2, -0.15) is 0 Å². The Morgan fingerprint density at radius 2 is 1.78 bits per heavy atom. The lowest BCUT2D eigenvalue weighted by Gasteiger charge is -2.22. The monoisotopic (exact) mass is 381 g/mol. The van der Waals surface area contributed by atoms with Crippen LogP contribution in [0.25, 0.3) is 0 Å². The van der Waals surface area contributed by atoms with Gasteiger partial charge >= 0.3 is 0 Å². The van der Waals surface area contributed by atoms with Gasteiger partial charge in [-0.1, -0.05) is 18.2 Å². The van der Waals surface area contributed by atoms with E-state index in [1.165, 1.54) is 11.4 Å². The fraction of sp³-hybridized carbons (Fsp3) is 0.100. The third-order valence-electron chi connectivity index (χ3n) is 4.12. The number of hydrogen-bond donors (Lipinski definition) is 1. The lowest BCUT2D eigenvalue weighted by atomic mass is 10.1. The lowest BCUT2D eigenvalue weighted by molar-refractivity contribution is 0.102. The smallest absolute Gasteiger partial charge is 0.264 e. The Labute approximate surface area is 158 Å². The highest BCUT2D eigenvalue weighted by atomic mass is 32.2. The largest absolute Gasteiger partial charge is 0.321 e. The molecule has 0 radical (unpaired) electrons. The first kappa shape index (κ1) is 18.6. The maximum absolute atomic E-state index is 12.8. The van der Waals surface area contributed by atoms with Crippen molar-refractivity contribution in [1.82, 2.24) is 4.98 Å². The van der Waals surface area contributed by atoms with Gasteiger partial charge in [-0.25, -0.2) is 8.42 Å². The average Bonchev–Trinajstić information content (AvgIpc) is 2.68. The SMILES string of the molecule is Cc1cc(C(=O)Nc2cccnc2)ccc1N(C)S(=O)(=O)c1ccccc1. The van der Waals surface area contributed by atoms with Crippen LogP contribution in [-0.2, 0) is 10.0 Å². The molecule has 1 heterocycles. The van der Waals surface area contributed by atoms with E-state index in [4.69, 9.17) is 0 Å². The van der Waals surface area contributed by atoms with Gasteiger partial charge in [-0.05, 0) is 55.0 Å². The molecule has 0 aliphatic heterocycles. The van der Waals surface area contributed by atoms with E-state index in [0.717, 1.165) is 0 Å². The molecule has 0 bridgehead atoms. The number of aromatic nitrogens is 1. The summed E-state index contributed by atoms with van der Waals surface area (Å²) in [4.78, 5) is 16.6. The summed E-state index contributed by atoms with van der Waals surface area (Å²) in [6.07, 6.45) is 3.18. The molecule has 3 rings (SSSR count). The number of benzene rings is 2. The fourth-order valence-corrected chi connectivity index (χ4v) is 3.95. The fourth-order valence-electron chi connectivity index (χ4n) is 2.67. The number of nitrogens with zero attached hydrogens (tertiary/aromatic N) is 2. The molecule has 0 spiro atoms. The van der Waals surface area contributed by atoms with Gasteiger partial charge in [0.2, 0.25) is 0 Å². The third-order valence-corrected chi connectivity index (χ3v) is 5.90. The topological polar surface area (TPSA) is 79.4 Å². The normalized spacial score (nSPS) is 11.0. The van der Waals surface area contributed by atoms with Crippen LogP contribution in [-0.4, -0.2) is 26.4 Å². The van der Waals surface area contributed by atoms with Crippen molar-refractivity contribution in [3.8, 4) is 0 Å². The number of rotatable bonds is 5. The molecular formula is C20H19N3O3S. The summed E-state index contributed by atoms with van der Waals surface area (Å²) < 4.78 is 26.8. The number of aryl methyl sites for hydroxylation is 1. The molecule has 138 valence electrons. The van der Waals surface area contributed by atoms with Crippen LogP contribution in [0.1, 0.15) is 15.9 Å². The van der Waals surface area contributed by atoms with Crippen LogP contribution in [0.4, 0.5) is 11.4 Å². The maximum Gasteiger partial charge on any atom is 0.264 e. The van der Waals surface area contributed by atoms with Gasteiger partial charge in [-0.15, -0.1) is 0 Å². The Bertz CT molecular complexity index is 1050. The highest BCUT2D eigenvalue weighted by Gasteiger charge is 2.22. The van der Waals surface area contributed by atoms with Crippen LogP contribution in [0.5, 0.6) is 0 Å². The number of nitrogens with one attached hydrogen (secondary N) is 1. The summed E-state index contributed by atoms with van der Waals surface area (Å²) >= 11 is 0. The second-order valence-electron chi connectivity index (χ2n) is 5.98. The van der Waals surface area contributed by atoms with Crippen molar-refractivity contribution in [2.24, 2.45) is 0 Å². The Hall–Kier alpha value is -3.19. The van der Waals surface area contributed by atoms with E-state index in [2.05, 4.69) is 10.3 Å². The van der Waals surface area contributed by atoms with Gasteiger partial charge in [0.05, 0.1) is 22.5 Å². The predicted molar refractivity (Wildman–Crippen MR) is 105 cm³/mol. The van der Waals surface area contributed by atoms with E-state index in [-0.39, 0.29) is 10.8 Å². The van der Waals surface area contributed by atoms with E-state index >= 15 is 0 Å². The van der Waals surface area contributed by atoms with Crippen LogP contribution in [0, 0.1) is 6.92 Å². The van der Waals surface area contributed by atoms with E-state index in [1.807, 2.05) is 0 Å². The molecule has 6 nitrogen and oxygen atoms in total. The zero-order chi connectivity index (χ0) is 19.4. The van der Waals surface area contributed by atoms with Crippen molar-refractivity contribution in [3.63, 3.8) is 0 Å². The summed E-state index contributed by atoms with van der Waals surface area (Å²) in [6, 6.07) is 16.6. The van der Waals surface area contributed by atoms with E-state index in [9.17, 15) is 13.2 Å². The quantitative estimate of drug-likeness (QED) is 0.734. The first-order valence-corrected chi connectivity index (χ1v) is 9.69. The van der Waals surface area contributed by atoms with Gasteiger partial charge in [0.25, 0.3) is 15.9 Å². The Morgan fingerprint density at radius 1 is 1.04 bits per heavy atom. The summed E-state index contributed by atoms with van der Waals surface area (Å²) in [6.45, 7) is 1.77. The highest BCUT2D eigenvalue weighted by Crippen LogP contribution is 2.26. The van der Waals surface area contributed by atoms with Crippen LogP contribution in [0.2, 0.25) is 0 Å². The zero-order valence-corrected chi connectivity index (χ0v) is 15.8. The third kappa shape index (κ3) is 3.98. The molecule has 1 N–H and O–H groups in total. The molecule has 0 fully saturated rings. The van der Waals surface area contributed by atoms with Crippen molar-refractivity contribution in [3.05, 3.63) is 84.2 Å². The maximum atomic E-state index is 12.8. The minimum absolute atomic E-state index is 0.213. The number of pyridine rings is 1. The minimum Gasteiger partial charge on any atom is -0.321 e. The summed E-state index contributed by atoms with van der Waals surface area (Å²) in [7, 11) is -2.17. The van der Waals surface area contributed by atoms with E-state index in [1.54, 1.807) is 80.0 Å². The second-order valence-corrected chi connectivity index (χ2v) is 7.95. The van der Waals surface area contributed by atoms with Crippen LogP contribution < -0.4 is 9.62 Å². The molecule has 0 unspecified atom stereocenters. The molecule has 0 saturated carbocycles. The van der Waals surface area contributed by atoms with Gasteiger partial charge in [0.1, 0.15) is 0 Å². The second kappa shape index (κ2) is 7.59. The minimum atomic E-state index is -3.67. The van der Waals surface area contributed by atoms with Crippen molar-refractivity contribution in [2.75, 3.05) is 16.7 Å². The van der Waals surface area contributed by atoms with Crippen molar-refractivity contribution in [1.29, 1.82) is 0 Å². The first-order valence-electron chi connectivity index (χ1n) is 8.25. The van der Waals surface area contributed by atoms with Crippen molar-refractivity contribution < 1.29 is 13.2 Å². The Balaban J connectivity index is 1.85. The van der Waals surface area contributed by atoms with Crippen LogP contribution in [0.15, 0.2) is 78.0 Å². The number of carbonyl (C=O) groups excluding carboxylic acids is 1. The van der Waals surface area contributed by atoms with E-state index < -0.39 is 10.0 Å². The predicted octanol–water partition coefficient (Wildman–Crippen LogP) is 3.47. The molecule has 1 aromatic heterocycles. The highest BCUT2D eigenvalue weighted by molar-refractivity contribution is 7.92. The molecule has 0 atom stereocenters. The molecule has 3 aromatic rings. The van der Waals surface area contributed by atoms with Gasteiger partial charge in [0, 0.05) is 18.8 Å². The molecule has 0 aliphatic rings. The molecule has 0 aliphatic carbocycles. The molecule has 2 aromatic carbocycles. The first-order chi connectivity index (χ1) is 12.9. The van der Waals surface area contributed by atoms with E-state index in [0.29, 0.717) is 22.5 Å². The van der Waals surface area contributed by atoms with Crippen LogP contribution >= 0.6 is 0 Å². The van der Waals surface area contributed by atoms with Crippen molar-refractivity contribution >= 4 is 27.3 Å². The van der Waals surface area contributed by atoms with Gasteiger partial charge < -0.3 is 5.32 Å². The van der Waals surface area contributed by atoms with Gasteiger partial charge in [0.15, 0.2) is 0 Å². The zero-order valence-electron chi connectivity index (χ0n) is 15.0. The van der Waals surface area contributed by atoms with Gasteiger partial charge in [-0.3, -0.25) is 14.1 Å². The molecule has 27 heavy (non-hydrogen) atoms. The Morgan fingerprint density at radius 3 is 2.41 bits per heavy atom. The number of hydrogen-bond acceptors (Lipinski definition) is 4. The molecule has 1 amide bonds. The summed E-state index contributed by atoms with van der Waals surface area (Å²) in [5.74, 6) is -0.286. The Kier molecular flexibility index (Phi) is 5.23. The lowest BCUT2D eigenvalue weighted by Crippen LogP contribution is -2.27. The average molecular weight is 381 g/mol. The molecule has 0 saturated heterocycles. The number of amides is 1. The number of anilines is 2.